The van der Waals surface area contributed by atoms with Gasteiger partial charge in [0, 0.05) is 44.6 Å². The Morgan fingerprint density at radius 3 is 2.94 bits per heavy atom. The van der Waals surface area contributed by atoms with Crippen molar-refractivity contribution < 1.29 is 14.2 Å². The van der Waals surface area contributed by atoms with E-state index in [1.54, 1.807) is 17.4 Å². The van der Waals surface area contributed by atoms with Gasteiger partial charge in [0.25, 0.3) is 0 Å². The van der Waals surface area contributed by atoms with E-state index in [-0.39, 0.29) is 12.4 Å². The van der Waals surface area contributed by atoms with Crippen LogP contribution in [0.5, 0.6) is 5.75 Å². The van der Waals surface area contributed by atoms with E-state index < -0.39 is 6.10 Å². The Labute approximate surface area is 185 Å². The van der Waals surface area contributed by atoms with Gasteiger partial charge in [-0.25, -0.2) is 4.39 Å². The maximum atomic E-state index is 14.1. The first-order chi connectivity index (χ1) is 15.1. The van der Waals surface area contributed by atoms with Gasteiger partial charge in [-0.05, 0) is 68.6 Å². The van der Waals surface area contributed by atoms with Crippen LogP contribution in [0.15, 0.2) is 54.7 Å². The van der Waals surface area contributed by atoms with Crippen molar-refractivity contribution >= 4 is 32.3 Å². The van der Waals surface area contributed by atoms with Crippen LogP contribution < -0.4 is 4.74 Å². The normalized spacial score (nSPS) is 21.0. The van der Waals surface area contributed by atoms with Crippen LogP contribution in [0.25, 0.3) is 21.0 Å². The van der Waals surface area contributed by atoms with Gasteiger partial charge in [-0.1, -0.05) is 12.1 Å². The number of β-amino-alcohol motifs (C(OH)–C–C–N with tert-alkyl or cyclic N) is 1. The summed E-state index contributed by atoms with van der Waals surface area (Å²) >= 11 is 1.71. The monoisotopic (exact) mass is 438 g/mol. The lowest BCUT2D eigenvalue weighted by Crippen LogP contribution is -2.45. The Bertz CT molecular complexity index is 1190. The van der Waals surface area contributed by atoms with E-state index in [2.05, 4.69) is 16.8 Å². The second-order valence-corrected chi connectivity index (χ2v) is 9.64. The standard InChI is InChI=1S/C25H27FN2O2S/c1-16-12-17(25-13-20-21(26)4-2-7-24(20)31-25)9-11-28(16)14-18(29)15-30-23-6-3-5-22-19(23)8-10-27-22/h2-8,10,13,16-18,27,29H,9,11-12,14-15H2,1H3/t16-,17-,18+/m1/s1. The van der Waals surface area contributed by atoms with Gasteiger partial charge >= 0.3 is 0 Å². The molecule has 6 heteroatoms. The van der Waals surface area contributed by atoms with Crippen molar-refractivity contribution in [1.82, 2.24) is 9.88 Å². The van der Waals surface area contributed by atoms with Gasteiger partial charge in [0.2, 0.25) is 0 Å². The molecule has 162 valence electrons. The lowest BCUT2D eigenvalue weighted by atomic mass is 9.90. The summed E-state index contributed by atoms with van der Waals surface area (Å²) < 4.78 is 21.0. The molecule has 2 aromatic carbocycles. The first-order valence-corrected chi connectivity index (χ1v) is 11.7. The molecule has 31 heavy (non-hydrogen) atoms. The Hall–Kier alpha value is -2.41. The van der Waals surface area contributed by atoms with Crippen molar-refractivity contribution in [3.8, 4) is 5.75 Å². The molecule has 2 N–H and O–H groups in total. The highest BCUT2D eigenvalue weighted by atomic mass is 32.1. The fraction of sp³-hybridized carbons (Fsp3) is 0.360. The summed E-state index contributed by atoms with van der Waals surface area (Å²) in [7, 11) is 0. The van der Waals surface area contributed by atoms with Crippen LogP contribution in [0.2, 0.25) is 0 Å². The number of nitrogens with zero attached hydrogens (tertiary/aromatic N) is 1. The number of benzene rings is 2. The van der Waals surface area contributed by atoms with Crippen LogP contribution in [-0.4, -0.2) is 46.8 Å². The third kappa shape index (κ3) is 4.20. The lowest BCUT2D eigenvalue weighted by molar-refractivity contribution is 0.0408. The van der Waals surface area contributed by atoms with Gasteiger partial charge in [-0.15, -0.1) is 11.3 Å². The smallest absolute Gasteiger partial charge is 0.131 e. The summed E-state index contributed by atoms with van der Waals surface area (Å²) in [6.07, 6.45) is 3.39. The zero-order chi connectivity index (χ0) is 21.4. The van der Waals surface area contributed by atoms with Crippen LogP contribution in [0.3, 0.4) is 0 Å². The molecule has 3 heterocycles. The molecular weight excluding hydrogens is 411 g/mol. The van der Waals surface area contributed by atoms with Crippen LogP contribution in [-0.2, 0) is 0 Å². The van der Waals surface area contributed by atoms with Crippen LogP contribution in [0.4, 0.5) is 4.39 Å². The SMILES string of the molecule is C[C@@H]1C[C@H](c2cc3c(F)cccc3s2)CCN1C[C@H](O)COc1cccc2[nH]ccc12. The minimum absolute atomic E-state index is 0.135. The number of aliphatic hydroxyl groups is 1. The molecule has 1 fully saturated rings. The van der Waals surface area contributed by atoms with Gasteiger partial charge in [0.15, 0.2) is 0 Å². The summed E-state index contributed by atoms with van der Waals surface area (Å²) in [5.41, 5.74) is 1.03. The van der Waals surface area contributed by atoms with E-state index >= 15 is 0 Å². The number of aliphatic hydroxyl groups excluding tert-OH is 1. The molecule has 0 radical (unpaired) electrons. The van der Waals surface area contributed by atoms with Gasteiger partial charge in [-0.2, -0.15) is 0 Å². The maximum absolute atomic E-state index is 14.1. The molecule has 5 rings (SSSR count). The van der Waals surface area contributed by atoms with E-state index in [1.165, 1.54) is 10.9 Å². The van der Waals surface area contributed by atoms with E-state index in [1.807, 2.05) is 42.6 Å². The number of nitrogens with one attached hydrogen (secondary N) is 1. The zero-order valence-electron chi connectivity index (χ0n) is 17.6. The lowest BCUT2D eigenvalue weighted by Gasteiger charge is -2.38. The number of thiophene rings is 1. The molecule has 0 aliphatic carbocycles. The molecule has 1 saturated heterocycles. The quantitative estimate of drug-likeness (QED) is 0.416. The molecule has 2 aromatic heterocycles. The number of fused-ring (bicyclic) bond motifs is 2. The second-order valence-electron chi connectivity index (χ2n) is 8.53. The number of halogens is 1. The number of rotatable bonds is 6. The van der Waals surface area contributed by atoms with Crippen molar-refractivity contribution in [3.63, 3.8) is 0 Å². The van der Waals surface area contributed by atoms with Crippen LogP contribution >= 0.6 is 11.3 Å². The van der Waals surface area contributed by atoms with Gasteiger partial charge in [0.05, 0.1) is 0 Å². The molecule has 3 atom stereocenters. The highest BCUT2D eigenvalue weighted by Crippen LogP contribution is 2.38. The third-order valence-electron chi connectivity index (χ3n) is 6.37. The van der Waals surface area contributed by atoms with Gasteiger partial charge in [-0.3, -0.25) is 4.90 Å². The summed E-state index contributed by atoms with van der Waals surface area (Å²) in [6.45, 7) is 4.01. The molecular formula is C25H27FN2O2S. The highest BCUT2D eigenvalue weighted by molar-refractivity contribution is 7.19. The molecule has 4 aromatic rings. The number of hydrogen-bond donors (Lipinski definition) is 2. The fourth-order valence-corrected chi connectivity index (χ4v) is 5.91. The largest absolute Gasteiger partial charge is 0.490 e. The Morgan fingerprint density at radius 2 is 2.10 bits per heavy atom. The Balaban J connectivity index is 1.18. The molecule has 0 bridgehead atoms. The fourth-order valence-electron chi connectivity index (χ4n) is 4.69. The Kier molecular flexibility index (Phi) is 5.69. The predicted molar refractivity (Wildman–Crippen MR) is 125 cm³/mol. The number of likely N-dealkylation sites (tertiary alicyclic amines) is 1. The molecule has 0 spiro atoms. The number of piperidine rings is 1. The van der Waals surface area contributed by atoms with Crippen LogP contribution in [0, 0.1) is 5.82 Å². The second kappa shape index (κ2) is 8.61. The average Bonchev–Trinajstić information content (AvgIpc) is 3.41. The minimum Gasteiger partial charge on any atom is -0.490 e. The number of H-pyrrole nitrogens is 1. The molecule has 1 aliphatic rings. The van der Waals surface area contributed by atoms with E-state index in [0.717, 1.165) is 46.1 Å². The van der Waals surface area contributed by atoms with Crippen molar-refractivity contribution in [2.45, 2.75) is 37.8 Å². The summed E-state index contributed by atoms with van der Waals surface area (Å²) in [6, 6.07) is 15.6. The van der Waals surface area contributed by atoms with E-state index in [0.29, 0.717) is 18.5 Å². The first-order valence-electron chi connectivity index (χ1n) is 10.9. The number of aromatic amines is 1. The molecule has 0 saturated carbocycles. The summed E-state index contributed by atoms with van der Waals surface area (Å²) in [4.78, 5) is 6.79. The van der Waals surface area contributed by atoms with E-state index in [9.17, 15) is 9.50 Å². The van der Waals surface area contributed by atoms with Crippen molar-refractivity contribution in [1.29, 1.82) is 0 Å². The number of hydrogen-bond acceptors (Lipinski definition) is 4. The first kappa shape index (κ1) is 20.5. The van der Waals surface area contributed by atoms with Gasteiger partial charge < -0.3 is 14.8 Å². The topological polar surface area (TPSA) is 48.5 Å². The minimum atomic E-state index is -0.549. The average molecular weight is 439 g/mol. The van der Waals surface area contributed by atoms with Gasteiger partial charge in [0.1, 0.15) is 24.3 Å². The van der Waals surface area contributed by atoms with Crippen LogP contribution in [0.1, 0.15) is 30.6 Å². The predicted octanol–water partition coefficient (Wildman–Crippen LogP) is 5.53. The Morgan fingerprint density at radius 1 is 1.23 bits per heavy atom. The third-order valence-corrected chi connectivity index (χ3v) is 7.64. The molecule has 0 amide bonds. The molecule has 4 nitrogen and oxygen atoms in total. The maximum Gasteiger partial charge on any atom is 0.131 e. The zero-order valence-corrected chi connectivity index (χ0v) is 18.4. The number of ether oxygens (including phenoxy) is 1. The van der Waals surface area contributed by atoms with E-state index in [4.69, 9.17) is 4.74 Å². The summed E-state index contributed by atoms with van der Waals surface area (Å²) in [5, 5.41) is 12.4. The molecule has 1 aliphatic heterocycles. The van der Waals surface area contributed by atoms with Crippen molar-refractivity contribution in [2.75, 3.05) is 19.7 Å². The highest BCUT2D eigenvalue weighted by Gasteiger charge is 2.29. The van der Waals surface area contributed by atoms with Crippen molar-refractivity contribution in [2.24, 2.45) is 0 Å². The molecule has 0 unspecified atom stereocenters. The summed E-state index contributed by atoms with van der Waals surface area (Å²) in [5.74, 6) is 1.10. The van der Waals surface area contributed by atoms with Crippen molar-refractivity contribution in [3.05, 3.63) is 65.4 Å². The number of aromatic nitrogens is 1.